The summed E-state index contributed by atoms with van der Waals surface area (Å²) in [6.45, 7) is 0. The Morgan fingerprint density at radius 2 is 1.38 bits per heavy atom. The zero-order valence-corrected chi connectivity index (χ0v) is 17.5. The van der Waals surface area contributed by atoms with Crippen molar-refractivity contribution in [2.24, 2.45) is 0 Å². The number of hydrogen-bond donors (Lipinski definition) is 3. The lowest BCUT2D eigenvalue weighted by atomic mass is 10.1. The standard InChI is InChI=1S/C15H10O14S3/c16-11-7-14(26-12-5-4-8(6-10(11)12)27-30(17,18)19)9-2-1-3-13(28-31(20,21)22)15(9)29-32(23,24)25/h1-7H,(H,17,18,19)(H,20,21,22)(H,23,24,25). The van der Waals surface area contributed by atoms with Gasteiger partial charge in [0, 0.05) is 6.07 Å². The fourth-order valence-electron chi connectivity index (χ4n) is 2.52. The third-order valence-electron chi connectivity index (χ3n) is 3.53. The van der Waals surface area contributed by atoms with Crippen LogP contribution in [0.5, 0.6) is 17.2 Å². The molecule has 0 amide bonds. The second kappa shape index (κ2) is 8.04. The van der Waals surface area contributed by atoms with Gasteiger partial charge in [-0.25, -0.2) is 0 Å². The van der Waals surface area contributed by atoms with Crippen LogP contribution in [0.1, 0.15) is 0 Å². The fraction of sp³-hybridized carbons (Fsp3) is 0. The van der Waals surface area contributed by atoms with E-state index in [0.717, 1.165) is 42.5 Å². The van der Waals surface area contributed by atoms with Crippen molar-refractivity contribution in [1.82, 2.24) is 0 Å². The minimum atomic E-state index is -5.23. The van der Waals surface area contributed by atoms with Crippen LogP contribution in [0.3, 0.4) is 0 Å². The van der Waals surface area contributed by atoms with Gasteiger partial charge in [-0.1, -0.05) is 6.07 Å². The quantitative estimate of drug-likeness (QED) is 0.377. The second-order valence-electron chi connectivity index (χ2n) is 5.80. The first-order chi connectivity index (χ1) is 14.6. The molecule has 0 aliphatic carbocycles. The van der Waals surface area contributed by atoms with Crippen molar-refractivity contribution in [3.8, 4) is 28.6 Å². The van der Waals surface area contributed by atoms with Crippen LogP contribution in [-0.4, -0.2) is 38.9 Å². The van der Waals surface area contributed by atoms with Gasteiger partial charge in [0.1, 0.15) is 17.1 Å². The Hall–Kier alpha value is -3.22. The summed E-state index contributed by atoms with van der Waals surface area (Å²) in [6.07, 6.45) is 0. The maximum absolute atomic E-state index is 12.5. The molecule has 2 aromatic carbocycles. The highest BCUT2D eigenvalue weighted by atomic mass is 32.3. The van der Waals surface area contributed by atoms with E-state index >= 15 is 0 Å². The summed E-state index contributed by atoms with van der Waals surface area (Å²) in [7, 11) is -15.2. The first-order valence-corrected chi connectivity index (χ1v) is 11.9. The molecular weight excluding hydrogens is 500 g/mol. The normalized spacial score (nSPS) is 12.5. The highest BCUT2D eigenvalue weighted by molar-refractivity contribution is 7.81. The molecule has 0 aliphatic rings. The lowest BCUT2D eigenvalue weighted by Gasteiger charge is -2.12. The van der Waals surface area contributed by atoms with Crippen LogP contribution in [0.15, 0.2) is 51.7 Å². The summed E-state index contributed by atoms with van der Waals surface area (Å²) in [5.41, 5.74) is -1.36. The van der Waals surface area contributed by atoms with Gasteiger partial charge in [0.05, 0.1) is 10.9 Å². The molecule has 0 aliphatic heterocycles. The Morgan fingerprint density at radius 3 is 1.97 bits per heavy atom. The maximum Gasteiger partial charge on any atom is 0.446 e. The predicted molar refractivity (Wildman–Crippen MR) is 104 cm³/mol. The summed E-state index contributed by atoms with van der Waals surface area (Å²) < 4.78 is 111. The Kier molecular flexibility index (Phi) is 5.89. The predicted octanol–water partition coefficient (Wildman–Crippen LogP) is 1.00. The Balaban J connectivity index is 2.22. The summed E-state index contributed by atoms with van der Waals surface area (Å²) in [5, 5.41) is -0.211. The van der Waals surface area contributed by atoms with Crippen molar-refractivity contribution in [3.63, 3.8) is 0 Å². The molecule has 3 rings (SSSR count). The van der Waals surface area contributed by atoms with Crippen LogP contribution in [0.2, 0.25) is 0 Å². The first kappa shape index (κ1) is 23.4. The summed E-state index contributed by atoms with van der Waals surface area (Å²) in [4.78, 5) is 12.5. The Bertz CT molecular complexity index is 1580. The molecule has 32 heavy (non-hydrogen) atoms. The van der Waals surface area contributed by atoms with Gasteiger partial charge in [-0.3, -0.25) is 18.5 Å². The zero-order valence-electron chi connectivity index (χ0n) is 15.1. The van der Waals surface area contributed by atoms with Gasteiger partial charge in [0.15, 0.2) is 16.9 Å². The molecule has 0 unspecified atom stereocenters. The molecule has 17 heteroatoms. The van der Waals surface area contributed by atoms with Crippen molar-refractivity contribution >= 4 is 42.2 Å². The monoisotopic (exact) mass is 510 g/mol. The van der Waals surface area contributed by atoms with Crippen molar-refractivity contribution < 1.29 is 55.9 Å². The fourth-order valence-corrected chi connectivity index (χ4v) is 3.61. The van der Waals surface area contributed by atoms with E-state index in [0.29, 0.717) is 0 Å². The summed E-state index contributed by atoms with van der Waals surface area (Å²) >= 11 is 0. The Morgan fingerprint density at radius 1 is 0.750 bits per heavy atom. The van der Waals surface area contributed by atoms with Gasteiger partial charge in [-0.15, -0.1) is 0 Å². The second-order valence-corrected chi connectivity index (χ2v) is 8.87. The van der Waals surface area contributed by atoms with E-state index in [-0.39, 0.29) is 16.5 Å². The van der Waals surface area contributed by atoms with Crippen LogP contribution in [-0.2, 0) is 31.2 Å². The van der Waals surface area contributed by atoms with Gasteiger partial charge in [0.25, 0.3) is 0 Å². The van der Waals surface area contributed by atoms with E-state index in [2.05, 4.69) is 12.5 Å². The zero-order chi connectivity index (χ0) is 23.9. The highest BCUT2D eigenvalue weighted by Gasteiger charge is 2.24. The molecule has 3 N–H and O–H groups in total. The maximum atomic E-state index is 12.5. The van der Waals surface area contributed by atoms with Gasteiger partial charge in [-0.2, -0.15) is 25.3 Å². The van der Waals surface area contributed by atoms with Crippen molar-refractivity contribution in [1.29, 1.82) is 0 Å². The molecule has 1 aromatic heterocycles. The van der Waals surface area contributed by atoms with E-state index < -0.39 is 59.6 Å². The largest absolute Gasteiger partial charge is 0.456 e. The molecule has 0 fully saturated rings. The van der Waals surface area contributed by atoms with Gasteiger partial charge >= 0.3 is 31.2 Å². The van der Waals surface area contributed by atoms with Gasteiger partial charge in [0.2, 0.25) is 0 Å². The van der Waals surface area contributed by atoms with Crippen LogP contribution < -0.4 is 18.0 Å². The molecule has 0 atom stereocenters. The van der Waals surface area contributed by atoms with E-state index in [9.17, 15) is 30.0 Å². The third-order valence-corrected chi connectivity index (χ3v) is 4.70. The number of rotatable bonds is 7. The number of para-hydroxylation sites is 1. The molecule has 0 spiro atoms. The number of hydrogen-bond acceptors (Lipinski definition) is 11. The summed E-state index contributed by atoms with van der Waals surface area (Å²) in [6, 6.07) is 6.95. The molecule has 3 aromatic rings. The van der Waals surface area contributed by atoms with Crippen LogP contribution in [0, 0.1) is 0 Å². The van der Waals surface area contributed by atoms with Gasteiger partial charge in [-0.05, 0) is 30.3 Å². The SMILES string of the molecule is O=c1cc(-c2cccc(OS(=O)(=O)O)c2OS(=O)(=O)O)oc2ccc(OS(=O)(=O)O)cc12. The van der Waals surface area contributed by atoms with Crippen LogP contribution >= 0.6 is 0 Å². The molecule has 1 heterocycles. The van der Waals surface area contributed by atoms with E-state index in [1.165, 1.54) is 0 Å². The Labute approximate surface area is 179 Å². The molecule has 0 saturated carbocycles. The molecule has 0 bridgehead atoms. The first-order valence-electron chi connectivity index (χ1n) is 7.83. The van der Waals surface area contributed by atoms with Crippen molar-refractivity contribution in [2.75, 3.05) is 0 Å². The lowest BCUT2D eigenvalue weighted by molar-refractivity contribution is 0.361. The number of benzene rings is 2. The van der Waals surface area contributed by atoms with E-state index in [1.807, 2.05) is 0 Å². The van der Waals surface area contributed by atoms with Crippen molar-refractivity contribution in [3.05, 3.63) is 52.7 Å². The molecule has 172 valence electrons. The smallest absolute Gasteiger partial charge is 0.446 e. The molecule has 0 saturated heterocycles. The number of fused-ring (bicyclic) bond motifs is 1. The molecule has 0 radical (unpaired) electrons. The average molecular weight is 510 g/mol. The molecular formula is C15H10O14S3. The molecule has 14 nitrogen and oxygen atoms in total. The van der Waals surface area contributed by atoms with Crippen LogP contribution in [0.25, 0.3) is 22.3 Å². The van der Waals surface area contributed by atoms with Crippen molar-refractivity contribution in [2.45, 2.75) is 0 Å². The minimum absolute atomic E-state index is 0.172. The van der Waals surface area contributed by atoms with E-state index in [1.54, 1.807) is 0 Å². The van der Waals surface area contributed by atoms with Gasteiger partial charge < -0.3 is 17.0 Å². The topological polar surface area (TPSA) is 221 Å². The van der Waals surface area contributed by atoms with Crippen LogP contribution in [0.4, 0.5) is 0 Å². The van der Waals surface area contributed by atoms with E-state index in [4.69, 9.17) is 18.1 Å². The average Bonchev–Trinajstić information content (AvgIpc) is 2.60. The highest BCUT2D eigenvalue weighted by Crippen LogP contribution is 2.40. The lowest BCUT2D eigenvalue weighted by Crippen LogP contribution is -2.12. The summed E-state index contributed by atoms with van der Waals surface area (Å²) in [5.74, 6) is -2.63. The minimum Gasteiger partial charge on any atom is -0.456 e. The third kappa shape index (κ3) is 5.93.